The molecule has 4 amide bonds. The molecular formula is C23H22N4O7S. The van der Waals surface area contributed by atoms with Crippen molar-refractivity contribution in [1.29, 1.82) is 0 Å². The van der Waals surface area contributed by atoms with Gasteiger partial charge in [0.2, 0.25) is 10.0 Å². The Morgan fingerprint density at radius 2 is 1.94 bits per heavy atom. The number of hydrogen-bond donors (Lipinski definition) is 3. The van der Waals surface area contributed by atoms with Crippen molar-refractivity contribution >= 4 is 38.8 Å². The van der Waals surface area contributed by atoms with Crippen molar-refractivity contribution in [3.8, 4) is 5.75 Å². The van der Waals surface area contributed by atoms with Crippen LogP contribution in [-0.2, 0) is 26.9 Å². The lowest BCUT2D eigenvalue weighted by molar-refractivity contribution is -0.125. The number of furan rings is 1. The summed E-state index contributed by atoms with van der Waals surface area (Å²) in [6, 6.07) is 8.98. The highest BCUT2D eigenvalue weighted by Crippen LogP contribution is 2.36. The molecule has 35 heavy (non-hydrogen) atoms. The number of urea groups is 1. The molecule has 0 saturated carbocycles. The lowest BCUT2D eigenvalue weighted by atomic mass is 9.95. The van der Waals surface area contributed by atoms with Crippen molar-refractivity contribution in [3.63, 3.8) is 0 Å². The maximum atomic E-state index is 13.1. The predicted octanol–water partition coefficient (Wildman–Crippen LogP) is 1.35. The minimum atomic E-state index is -3.75. The Morgan fingerprint density at radius 1 is 1.17 bits per heavy atom. The second-order valence-corrected chi connectivity index (χ2v) is 10.3. The van der Waals surface area contributed by atoms with E-state index in [9.17, 15) is 22.8 Å². The van der Waals surface area contributed by atoms with Gasteiger partial charge in [-0.2, -0.15) is 0 Å². The molecule has 0 aliphatic carbocycles. The van der Waals surface area contributed by atoms with Crippen LogP contribution in [0, 0.1) is 6.92 Å². The van der Waals surface area contributed by atoms with Crippen molar-refractivity contribution in [2.24, 2.45) is 0 Å². The Hall–Kier alpha value is -3.90. The van der Waals surface area contributed by atoms with Gasteiger partial charge in [-0.3, -0.25) is 14.9 Å². The van der Waals surface area contributed by atoms with Crippen molar-refractivity contribution in [1.82, 2.24) is 20.3 Å². The van der Waals surface area contributed by atoms with Crippen LogP contribution in [0.4, 0.5) is 4.79 Å². The van der Waals surface area contributed by atoms with Crippen LogP contribution < -0.4 is 20.1 Å². The van der Waals surface area contributed by atoms with Gasteiger partial charge >= 0.3 is 6.03 Å². The summed E-state index contributed by atoms with van der Waals surface area (Å²) in [4.78, 5) is 39.9. The van der Waals surface area contributed by atoms with Crippen LogP contribution in [0.2, 0.25) is 0 Å². The third kappa shape index (κ3) is 3.53. The van der Waals surface area contributed by atoms with Gasteiger partial charge in [0, 0.05) is 23.6 Å². The maximum absolute atomic E-state index is 13.1. The van der Waals surface area contributed by atoms with E-state index in [2.05, 4.69) is 15.4 Å². The number of nitrogens with zero attached hydrogens (tertiary/aromatic N) is 1. The van der Waals surface area contributed by atoms with Crippen molar-refractivity contribution in [2.75, 3.05) is 20.7 Å². The fourth-order valence-electron chi connectivity index (χ4n) is 4.53. The number of sulfonamides is 1. The number of fused-ring (bicyclic) bond motifs is 2. The van der Waals surface area contributed by atoms with E-state index in [4.69, 9.17) is 9.15 Å². The Kier molecular flexibility index (Phi) is 5.11. The number of carbonyl (C=O) groups is 3. The van der Waals surface area contributed by atoms with E-state index in [0.717, 1.165) is 5.56 Å². The first kappa shape index (κ1) is 22.9. The highest BCUT2D eigenvalue weighted by atomic mass is 32.2. The molecule has 3 heterocycles. The number of ether oxygens (including phenoxy) is 1. The van der Waals surface area contributed by atoms with Crippen LogP contribution in [0.15, 0.2) is 45.7 Å². The number of aryl methyl sites for hydroxylation is 1. The second-order valence-electron chi connectivity index (χ2n) is 8.47. The van der Waals surface area contributed by atoms with Gasteiger partial charge in [0.05, 0.1) is 18.6 Å². The van der Waals surface area contributed by atoms with Crippen LogP contribution >= 0.6 is 0 Å². The molecule has 2 aliphatic rings. The van der Waals surface area contributed by atoms with Crippen LogP contribution in [0.5, 0.6) is 5.75 Å². The number of rotatable bonds is 6. The largest absolute Gasteiger partial charge is 0.497 e. The lowest BCUT2D eigenvalue weighted by Gasteiger charge is -2.29. The topological polar surface area (TPSA) is 147 Å². The Balaban J connectivity index is 1.57. The summed E-state index contributed by atoms with van der Waals surface area (Å²) in [5, 5.41) is 5.38. The van der Waals surface area contributed by atoms with Gasteiger partial charge in [0.1, 0.15) is 17.1 Å². The second kappa shape index (κ2) is 7.82. The maximum Gasteiger partial charge on any atom is 0.322 e. The average molecular weight is 499 g/mol. The minimum Gasteiger partial charge on any atom is -0.497 e. The Bertz CT molecular complexity index is 1530. The van der Waals surface area contributed by atoms with Crippen LogP contribution in [0.25, 0.3) is 11.0 Å². The van der Waals surface area contributed by atoms with E-state index in [1.165, 1.54) is 25.1 Å². The third-order valence-electron chi connectivity index (χ3n) is 6.36. The molecule has 3 N–H and O–H groups in total. The van der Waals surface area contributed by atoms with Gasteiger partial charge in [-0.25, -0.2) is 17.9 Å². The normalized spacial score (nSPS) is 19.7. The van der Waals surface area contributed by atoms with Gasteiger partial charge in [0.25, 0.3) is 11.8 Å². The van der Waals surface area contributed by atoms with Gasteiger partial charge in [-0.05, 0) is 49.4 Å². The van der Waals surface area contributed by atoms with Crippen molar-refractivity contribution in [2.45, 2.75) is 23.9 Å². The number of amides is 4. The van der Waals surface area contributed by atoms with E-state index < -0.39 is 27.5 Å². The molecule has 5 rings (SSSR count). The Morgan fingerprint density at radius 3 is 2.60 bits per heavy atom. The van der Waals surface area contributed by atoms with Gasteiger partial charge in [-0.1, -0.05) is 6.07 Å². The fourth-order valence-corrected chi connectivity index (χ4v) is 5.49. The number of benzene rings is 2. The molecule has 1 atom stereocenters. The first-order valence-corrected chi connectivity index (χ1v) is 12.1. The van der Waals surface area contributed by atoms with E-state index in [0.29, 0.717) is 22.3 Å². The van der Waals surface area contributed by atoms with Gasteiger partial charge in [0.15, 0.2) is 5.54 Å². The number of methoxy groups -OCH3 is 1. The summed E-state index contributed by atoms with van der Waals surface area (Å²) in [6.45, 7) is 1.68. The zero-order valence-corrected chi connectivity index (χ0v) is 19.9. The van der Waals surface area contributed by atoms with E-state index in [1.54, 1.807) is 37.3 Å². The van der Waals surface area contributed by atoms with Gasteiger partial charge in [-0.15, -0.1) is 0 Å². The molecule has 1 saturated heterocycles. The van der Waals surface area contributed by atoms with E-state index in [1.807, 2.05) is 0 Å². The molecule has 11 nitrogen and oxygen atoms in total. The molecule has 0 radical (unpaired) electrons. The third-order valence-corrected chi connectivity index (χ3v) is 7.91. The molecule has 0 bridgehead atoms. The molecule has 1 aromatic heterocycles. The quantitative estimate of drug-likeness (QED) is 0.435. The zero-order valence-electron chi connectivity index (χ0n) is 19.1. The Labute approximate surface area is 200 Å². The highest BCUT2D eigenvalue weighted by molar-refractivity contribution is 7.89. The van der Waals surface area contributed by atoms with Crippen LogP contribution in [0.1, 0.15) is 27.2 Å². The van der Waals surface area contributed by atoms with Crippen LogP contribution in [-0.4, -0.2) is 51.9 Å². The molecule has 0 spiro atoms. The standard InChI is InChI=1S/C23H22N4O7S/c1-12-6-14-7-19(34-17(14)9-18(12)35(31,32)24-2)23(21(29)25-22(30)26-23)11-27-10-13-4-5-15(33-3)8-16(13)20(27)28/h4-9,24H,10-11H2,1-3H3,(H2,25,26,29,30). The number of imide groups is 1. The zero-order chi connectivity index (χ0) is 25.1. The first-order valence-electron chi connectivity index (χ1n) is 10.7. The molecular weight excluding hydrogens is 476 g/mol. The summed E-state index contributed by atoms with van der Waals surface area (Å²) in [7, 11) is -0.940. The number of hydrogen-bond acceptors (Lipinski definition) is 7. The van der Waals surface area contributed by atoms with Gasteiger partial charge < -0.3 is 19.4 Å². The number of carbonyl (C=O) groups excluding carboxylic acids is 3. The van der Waals surface area contributed by atoms with Crippen LogP contribution in [0.3, 0.4) is 0 Å². The van der Waals surface area contributed by atoms with E-state index >= 15 is 0 Å². The smallest absolute Gasteiger partial charge is 0.322 e. The molecule has 182 valence electrons. The summed E-state index contributed by atoms with van der Waals surface area (Å²) >= 11 is 0. The first-order chi connectivity index (χ1) is 16.6. The van der Waals surface area contributed by atoms with Crippen molar-refractivity contribution in [3.05, 3.63) is 58.8 Å². The molecule has 2 aromatic carbocycles. The van der Waals surface area contributed by atoms with Crippen molar-refractivity contribution < 1.29 is 32.0 Å². The minimum absolute atomic E-state index is 0.0291. The summed E-state index contributed by atoms with van der Waals surface area (Å²) in [5.74, 6) is -0.389. The highest BCUT2D eigenvalue weighted by Gasteiger charge is 2.53. The molecule has 1 fully saturated rings. The summed E-state index contributed by atoms with van der Waals surface area (Å²) in [6.07, 6.45) is 0. The lowest BCUT2D eigenvalue weighted by Crippen LogP contribution is -2.52. The van der Waals surface area contributed by atoms with E-state index in [-0.39, 0.29) is 35.2 Å². The number of nitrogens with one attached hydrogen (secondary N) is 3. The SMILES string of the molecule is CNS(=O)(=O)c1cc2oc(C3(CN4Cc5ccc(OC)cc5C4=O)NC(=O)NC3=O)cc2cc1C. The molecule has 12 heteroatoms. The fraction of sp³-hybridized carbons (Fsp3) is 0.261. The average Bonchev–Trinajstić information content (AvgIpc) is 3.46. The summed E-state index contributed by atoms with van der Waals surface area (Å²) < 4.78 is 38.2. The molecule has 3 aromatic rings. The molecule has 1 unspecified atom stereocenters. The summed E-state index contributed by atoms with van der Waals surface area (Å²) in [5.41, 5.74) is 0.207. The predicted molar refractivity (Wildman–Crippen MR) is 123 cm³/mol. The monoisotopic (exact) mass is 498 g/mol. The molecule has 2 aliphatic heterocycles.